The van der Waals surface area contributed by atoms with Crippen molar-refractivity contribution in [2.45, 2.75) is 6.92 Å². The molecule has 0 rings (SSSR count). The van der Waals surface area contributed by atoms with Crippen molar-refractivity contribution in [2.24, 2.45) is 0 Å². The van der Waals surface area contributed by atoms with E-state index >= 15 is 0 Å². The first-order valence-corrected chi connectivity index (χ1v) is 4.04. The van der Waals surface area contributed by atoms with Crippen molar-refractivity contribution in [2.75, 3.05) is 32.3 Å². The van der Waals surface area contributed by atoms with Crippen LogP contribution >= 0.6 is 11.6 Å². The highest BCUT2D eigenvalue weighted by Crippen LogP contribution is 2.00. The van der Waals surface area contributed by atoms with Crippen molar-refractivity contribution in [3.05, 3.63) is 6.10 Å². The van der Waals surface area contributed by atoms with Crippen LogP contribution in [-0.4, -0.2) is 37.4 Å². The maximum atomic E-state index is 8.39. The molecule has 0 aliphatic carbocycles. The smallest absolute Gasteiger partial charge is 0.120 e. The van der Waals surface area contributed by atoms with Crippen LogP contribution in [0.15, 0.2) is 0 Å². The van der Waals surface area contributed by atoms with E-state index in [2.05, 4.69) is 0 Å². The molecule has 0 heterocycles. The molecule has 0 atom stereocenters. The van der Waals surface area contributed by atoms with E-state index in [9.17, 15) is 0 Å². The number of hydrogen-bond donors (Lipinski definition) is 1. The van der Waals surface area contributed by atoms with Gasteiger partial charge in [-0.1, -0.05) is 0 Å². The summed E-state index contributed by atoms with van der Waals surface area (Å²) in [6.45, 7) is 3.15. The van der Waals surface area contributed by atoms with Gasteiger partial charge < -0.3 is 14.6 Å². The summed E-state index contributed by atoms with van der Waals surface area (Å²) in [5.41, 5.74) is 0. The second kappa shape index (κ2) is 8.27. The first-order chi connectivity index (χ1) is 5.31. The number of hydrogen-bond acceptors (Lipinski definition) is 3. The molecule has 0 aromatic carbocycles. The molecule has 1 radical (unpaired) electrons. The van der Waals surface area contributed by atoms with Gasteiger partial charge in [0.2, 0.25) is 0 Å². The van der Waals surface area contributed by atoms with Gasteiger partial charge in [0.25, 0.3) is 0 Å². The van der Waals surface area contributed by atoms with E-state index < -0.39 is 0 Å². The van der Waals surface area contributed by atoms with Gasteiger partial charge in [0.05, 0.1) is 26.4 Å². The Kier molecular flexibility index (Phi) is 8.40. The highest BCUT2D eigenvalue weighted by Gasteiger charge is 2.01. The monoisotopic (exact) mass is 181 g/mol. The molecule has 0 aromatic rings. The molecule has 0 saturated heterocycles. The summed E-state index contributed by atoms with van der Waals surface area (Å²) in [6.07, 6.45) is 0.768. The third kappa shape index (κ3) is 8.07. The second-order valence-electron chi connectivity index (χ2n) is 2.02. The maximum absolute atomic E-state index is 8.39. The first-order valence-electron chi connectivity index (χ1n) is 3.51. The molecule has 0 amide bonds. The molecule has 4 heteroatoms. The minimum atomic E-state index is 0.0346. The first kappa shape index (κ1) is 11.2. The fraction of sp³-hybridized carbons (Fsp3) is 0.857. The zero-order valence-electron chi connectivity index (χ0n) is 6.68. The number of aliphatic hydroxyl groups excluding tert-OH is 1. The zero-order valence-corrected chi connectivity index (χ0v) is 7.43. The Labute approximate surface area is 72.3 Å². The standard InChI is InChI=1S/C7H14ClO3/c1-7(11-5-3-9)6-10-4-2-8/h9H,2-6H2,1H3. The lowest BCUT2D eigenvalue weighted by Crippen LogP contribution is -2.11. The summed E-state index contributed by atoms with van der Waals surface area (Å²) in [6, 6.07) is 0. The minimum Gasteiger partial charge on any atom is -0.394 e. The summed E-state index contributed by atoms with van der Waals surface area (Å²) in [7, 11) is 0. The highest BCUT2D eigenvalue weighted by atomic mass is 35.5. The van der Waals surface area contributed by atoms with Crippen LogP contribution in [0.1, 0.15) is 6.92 Å². The third-order valence-electron chi connectivity index (χ3n) is 0.967. The molecule has 0 fully saturated rings. The van der Waals surface area contributed by atoms with Gasteiger partial charge in [-0.3, -0.25) is 0 Å². The van der Waals surface area contributed by atoms with Crippen LogP contribution in [-0.2, 0) is 9.47 Å². The van der Waals surface area contributed by atoms with Crippen LogP contribution in [0.3, 0.4) is 0 Å². The molecule has 67 valence electrons. The van der Waals surface area contributed by atoms with Gasteiger partial charge in [0, 0.05) is 5.88 Å². The Hall–Kier alpha value is 0.170. The number of halogens is 1. The predicted molar refractivity (Wildman–Crippen MR) is 43.5 cm³/mol. The fourth-order valence-corrected chi connectivity index (χ4v) is 0.641. The lowest BCUT2D eigenvalue weighted by Gasteiger charge is -2.10. The van der Waals surface area contributed by atoms with E-state index in [4.69, 9.17) is 26.2 Å². The Morgan fingerprint density at radius 3 is 2.73 bits per heavy atom. The third-order valence-corrected chi connectivity index (χ3v) is 1.12. The Morgan fingerprint density at radius 2 is 2.18 bits per heavy atom. The summed E-state index contributed by atoms with van der Waals surface area (Å²) in [4.78, 5) is 0. The molecule has 0 aromatic heterocycles. The lowest BCUT2D eigenvalue weighted by molar-refractivity contribution is 0.0460. The number of alkyl halides is 1. The van der Waals surface area contributed by atoms with Crippen molar-refractivity contribution in [3.8, 4) is 0 Å². The largest absolute Gasteiger partial charge is 0.394 e. The number of rotatable bonds is 7. The summed E-state index contributed by atoms with van der Waals surface area (Å²) in [5, 5.41) is 8.39. The topological polar surface area (TPSA) is 38.7 Å². The molecule has 0 bridgehead atoms. The van der Waals surface area contributed by atoms with Crippen LogP contribution in [0.25, 0.3) is 0 Å². The molecule has 1 N–H and O–H groups in total. The van der Waals surface area contributed by atoms with Gasteiger partial charge in [-0.2, -0.15) is 0 Å². The SMILES string of the molecule is C[C](COCCCl)OCCO. The van der Waals surface area contributed by atoms with Crippen LogP contribution in [0.4, 0.5) is 0 Å². The quantitative estimate of drug-likeness (QED) is 0.467. The molecular weight excluding hydrogens is 168 g/mol. The van der Waals surface area contributed by atoms with E-state index in [1.807, 2.05) is 6.92 Å². The molecular formula is C7H14ClO3. The van der Waals surface area contributed by atoms with Gasteiger partial charge in [-0.25, -0.2) is 0 Å². The van der Waals surface area contributed by atoms with Crippen molar-refractivity contribution in [1.29, 1.82) is 0 Å². The van der Waals surface area contributed by atoms with E-state index in [1.54, 1.807) is 0 Å². The molecule has 0 spiro atoms. The highest BCUT2D eigenvalue weighted by molar-refractivity contribution is 6.17. The van der Waals surface area contributed by atoms with E-state index in [0.29, 0.717) is 25.7 Å². The Balaban J connectivity index is 3.02. The fourth-order valence-electron chi connectivity index (χ4n) is 0.532. The van der Waals surface area contributed by atoms with Crippen LogP contribution in [0, 0.1) is 6.10 Å². The Morgan fingerprint density at radius 1 is 1.45 bits per heavy atom. The second-order valence-corrected chi connectivity index (χ2v) is 2.39. The van der Waals surface area contributed by atoms with Crippen LogP contribution in [0.2, 0.25) is 0 Å². The zero-order chi connectivity index (χ0) is 8.53. The van der Waals surface area contributed by atoms with E-state index in [1.165, 1.54) is 0 Å². The van der Waals surface area contributed by atoms with E-state index in [0.717, 1.165) is 6.10 Å². The summed E-state index contributed by atoms with van der Waals surface area (Å²) in [5.74, 6) is 0.493. The van der Waals surface area contributed by atoms with Gasteiger partial charge in [0.15, 0.2) is 0 Å². The Bertz CT molecular complexity index is 80.1. The molecule has 0 saturated carbocycles. The normalized spacial score (nSPS) is 10.9. The molecule has 0 aliphatic heterocycles. The number of aliphatic hydroxyl groups is 1. The summed E-state index contributed by atoms with van der Waals surface area (Å²) < 4.78 is 10.1. The van der Waals surface area contributed by atoms with Gasteiger partial charge >= 0.3 is 0 Å². The maximum Gasteiger partial charge on any atom is 0.120 e. The lowest BCUT2D eigenvalue weighted by atomic mass is 10.4. The van der Waals surface area contributed by atoms with E-state index in [-0.39, 0.29) is 6.61 Å². The molecule has 0 unspecified atom stereocenters. The summed E-state index contributed by atoms with van der Waals surface area (Å²) >= 11 is 5.37. The molecule has 11 heavy (non-hydrogen) atoms. The van der Waals surface area contributed by atoms with Gasteiger partial charge in [-0.05, 0) is 6.92 Å². The molecule has 0 aliphatic rings. The van der Waals surface area contributed by atoms with Crippen LogP contribution < -0.4 is 0 Å². The van der Waals surface area contributed by atoms with Crippen molar-refractivity contribution in [1.82, 2.24) is 0 Å². The average molecular weight is 182 g/mol. The van der Waals surface area contributed by atoms with Crippen LogP contribution in [0.5, 0.6) is 0 Å². The van der Waals surface area contributed by atoms with Gasteiger partial charge in [0.1, 0.15) is 6.10 Å². The van der Waals surface area contributed by atoms with Crippen molar-refractivity contribution in [3.63, 3.8) is 0 Å². The minimum absolute atomic E-state index is 0.0346. The average Bonchev–Trinajstić information content (AvgIpc) is 2.01. The van der Waals surface area contributed by atoms with Gasteiger partial charge in [-0.15, -0.1) is 11.6 Å². The van der Waals surface area contributed by atoms with Crippen molar-refractivity contribution < 1.29 is 14.6 Å². The predicted octanol–water partition coefficient (Wildman–Crippen LogP) is 0.803. The van der Waals surface area contributed by atoms with Crippen molar-refractivity contribution >= 4 is 11.6 Å². The number of ether oxygens (including phenoxy) is 2. The molecule has 3 nitrogen and oxygen atoms in total.